The van der Waals surface area contributed by atoms with Crippen LogP contribution in [0.1, 0.15) is 30.1 Å². The Kier molecular flexibility index (Phi) is 5.61. The van der Waals surface area contributed by atoms with Crippen LogP contribution in [-0.4, -0.2) is 48.1 Å². The molecule has 0 atom stereocenters. The predicted octanol–water partition coefficient (Wildman–Crippen LogP) is 4.61. The lowest BCUT2D eigenvalue weighted by molar-refractivity contribution is 0.0733. The van der Waals surface area contributed by atoms with Crippen LogP contribution in [0.3, 0.4) is 0 Å². The lowest BCUT2D eigenvalue weighted by Gasteiger charge is -2.20. The van der Waals surface area contributed by atoms with Crippen molar-refractivity contribution in [3.63, 3.8) is 0 Å². The molecule has 0 aliphatic carbocycles. The van der Waals surface area contributed by atoms with Crippen molar-refractivity contribution in [3.05, 3.63) is 77.6 Å². The molecule has 0 bridgehead atoms. The van der Waals surface area contributed by atoms with Crippen LogP contribution in [0.15, 0.2) is 65.6 Å². The van der Waals surface area contributed by atoms with Crippen molar-refractivity contribution in [2.45, 2.75) is 25.3 Å². The number of hydrogen-bond acceptors (Lipinski definition) is 5. The number of ether oxygens (including phenoxy) is 1. The zero-order valence-corrected chi connectivity index (χ0v) is 19.9. The van der Waals surface area contributed by atoms with Crippen LogP contribution >= 0.6 is 0 Å². The lowest BCUT2D eigenvalue weighted by Crippen LogP contribution is -2.32. The molecular formula is C26H27N3O4S. The van der Waals surface area contributed by atoms with Crippen molar-refractivity contribution < 1.29 is 19.4 Å². The second kappa shape index (κ2) is 8.61. The Labute approximate surface area is 199 Å². The highest BCUT2D eigenvalue weighted by atomic mass is 32.2. The molecule has 0 spiro atoms. The molecule has 0 saturated heterocycles. The molecule has 7 nitrogen and oxygen atoms in total. The monoisotopic (exact) mass is 477 g/mol. The summed E-state index contributed by atoms with van der Waals surface area (Å²) >= 11 is 0. The Bertz CT molecular complexity index is 1500. The first-order valence-corrected chi connectivity index (χ1v) is 12.8. The third-order valence-electron chi connectivity index (χ3n) is 6.10. The molecule has 0 radical (unpaired) electrons. The molecule has 34 heavy (non-hydrogen) atoms. The molecule has 3 aromatic carbocycles. The van der Waals surface area contributed by atoms with Gasteiger partial charge in [0.15, 0.2) is 9.84 Å². The van der Waals surface area contributed by atoms with Crippen LogP contribution in [0.2, 0.25) is 0 Å². The van der Waals surface area contributed by atoms with E-state index in [4.69, 9.17) is 4.74 Å². The van der Waals surface area contributed by atoms with Gasteiger partial charge < -0.3 is 14.6 Å². The Hall–Kier alpha value is -3.65. The fraction of sp³-hybridized carbons (Fsp3) is 0.231. The summed E-state index contributed by atoms with van der Waals surface area (Å²) in [6.45, 7) is 4.77. The van der Waals surface area contributed by atoms with Gasteiger partial charge >= 0.3 is 0 Å². The SMILES string of the molecule is CCS(=O)(=O)c1ccc(C(=O)N2CCOc3ccc(-c4ccc5nc(C)[nH]c5c4)cc3C2)cc1.[HH]. The minimum atomic E-state index is -3.31. The molecule has 2 heterocycles. The highest BCUT2D eigenvalue weighted by Crippen LogP contribution is 2.31. The summed E-state index contributed by atoms with van der Waals surface area (Å²) in [5.74, 6) is 1.51. The third kappa shape index (κ3) is 4.17. The lowest BCUT2D eigenvalue weighted by atomic mass is 10.0. The summed E-state index contributed by atoms with van der Waals surface area (Å²) in [6.07, 6.45) is 0. The highest BCUT2D eigenvalue weighted by Gasteiger charge is 2.22. The van der Waals surface area contributed by atoms with E-state index >= 15 is 0 Å². The minimum Gasteiger partial charge on any atom is -0.491 e. The number of imidazole rings is 1. The normalized spacial score (nSPS) is 13.9. The van der Waals surface area contributed by atoms with Gasteiger partial charge in [-0.15, -0.1) is 0 Å². The van der Waals surface area contributed by atoms with Crippen LogP contribution in [0.25, 0.3) is 22.2 Å². The number of nitrogens with zero attached hydrogens (tertiary/aromatic N) is 2. The van der Waals surface area contributed by atoms with E-state index in [1.807, 2.05) is 31.2 Å². The van der Waals surface area contributed by atoms with Crippen molar-refractivity contribution in [3.8, 4) is 16.9 Å². The standard InChI is InChI=1S/C26H25N3O4S.H2/c1-3-34(31,32)22-8-4-18(5-9-22)26(30)29-12-13-33-25-11-7-19(14-21(25)16-29)20-6-10-23-24(15-20)28-17(2)27-23;/h4-11,14-15H,3,12-13,16H2,1-2H3,(H,27,28);1H. The molecule has 0 unspecified atom stereocenters. The predicted molar refractivity (Wildman–Crippen MR) is 133 cm³/mol. The maximum absolute atomic E-state index is 13.2. The maximum Gasteiger partial charge on any atom is 0.254 e. The first-order valence-electron chi connectivity index (χ1n) is 11.2. The van der Waals surface area contributed by atoms with Gasteiger partial charge in [-0.05, 0) is 66.6 Å². The Balaban J connectivity index is 0.00000289. The molecule has 0 fully saturated rings. The van der Waals surface area contributed by atoms with Gasteiger partial charge in [-0.25, -0.2) is 13.4 Å². The van der Waals surface area contributed by atoms with E-state index in [0.717, 1.165) is 39.3 Å². The average molecular weight is 478 g/mol. The fourth-order valence-electron chi connectivity index (χ4n) is 4.22. The average Bonchev–Trinajstić information content (AvgIpc) is 3.09. The molecule has 5 rings (SSSR count). The minimum absolute atomic E-state index is 0. The number of rotatable bonds is 4. The molecule has 1 aliphatic rings. The zero-order valence-electron chi connectivity index (χ0n) is 19.0. The molecule has 1 amide bonds. The largest absolute Gasteiger partial charge is 0.491 e. The number of aromatic amines is 1. The zero-order chi connectivity index (χ0) is 23.9. The van der Waals surface area contributed by atoms with Crippen molar-refractivity contribution in [1.29, 1.82) is 0 Å². The number of carbonyl (C=O) groups excluding carboxylic acids is 1. The summed E-state index contributed by atoms with van der Waals surface area (Å²) in [4.78, 5) is 22.9. The van der Waals surface area contributed by atoms with Crippen molar-refractivity contribution >= 4 is 26.8 Å². The highest BCUT2D eigenvalue weighted by molar-refractivity contribution is 7.91. The van der Waals surface area contributed by atoms with E-state index < -0.39 is 9.84 Å². The number of sulfone groups is 1. The number of hydrogen-bond donors (Lipinski definition) is 1. The first kappa shape index (κ1) is 22.2. The Morgan fingerprint density at radius 1 is 1.09 bits per heavy atom. The van der Waals surface area contributed by atoms with E-state index in [-0.39, 0.29) is 18.0 Å². The van der Waals surface area contributed by atoms with E-state index in [9.17, 15) is 13.2 Å². The molecule has 1 aromatic heterocycles. The van der Waals surface area contributed by atoms with Gasteiger partial charge in [0.1, 0.15) is 18.2 Å². The van der Waals surface area contributed by atoms with E-state index in [1.165, 1.54) is 12.1 Å². The number of nitrogens with one attached hydrogen (secondary N) is 1. The number of benzene rings is 3. The van der Waals surface area contributed by atoms with Gasteiger partial charge in [0.2, 0.25) is 0 Å². The summed E-state index contributed by atoms with van der Waals surface area (Å²) in [7, 11) is -3.31. The quantitative estimate of drug-likeness (QED) is 0.463. The topological polar surface area (TPSA) is 92.4 Å². The maximum atomic E-state index is 13.2. The Morgan fingerprint density at radius 3 is 2.59 bits per heavy atom. The van der Waals surface area contributed by atoms with Crippen LogP contribution in [0.4, 0.5) is 0 Å². The Morgan fingerprint density at radius 2 is 1.82 bits per heavy atom. The number of aromatic nitrogens is 2. The molecule has 4 aromatic rings. The second-order valence-electron chi connectivity index (χ2n) is 8.38. The van der Waals surface area contributed by atoms with Crippen molar-refractivity contribution in [2.24, 2.45) is 0 Å². The number of carbonyl (C=O) groups is 1. The molecule has 1 aliphatic heterocycles. The summed E-state index contributed by atoms with van der Waals surface area (Å²) < 4.78 is 30.1. The van der Waals surface area contributed by atoms with Crippen molar-refractivity contribution in [1.82, 2.24) is 14.9 Å². The van der Waals surface area contributed by atoms with Gasteiger partial charge in [-0.1, -0.05) is 19.1 Å². The van der Waals surface area contributed by atoms with Crippen molar-refractivity contribution in [2.75, 3.05) is 18.9 Å². The number of fused-ring (bicyclic) bond motifs is 2. The summed E-state index contributed by atoms with van der Waals surface area (Å²) in [6, 6.07) is 18.3. The van der Waals surface area contributed by atoms with Gasteiger partial charge in [-0.3, -0.25) is 4.79 Å². The van der Waals surface area contributed by atoms with Crippen LogP contribution < -0.4 is 4.74 Å². The van der Waals surface area contributed by atoms with Gasteiger partial charge in [0, 0.05) is 19.1 Å². The van der Waals surface area contributed by atoms with Crippen LogP contribution in [0.5, 0.6) is 5.75 Å². The molecular weight excluding hydrogens is 450 g/mol. The second-order valence-corrected chi connectivity index (χ2v) is 10.7. The van der Waals surface area contributed by atoms with Gasteiger partial charge in [0.05, 0.1) is 28.2 Å². The fourth-order valence-corrected chi connectivity index (χ4v) is 5.10. The molecule has 8 heteroatoms. The van der Waals surface area contributed by atoms with Crippen LogP contribution in [-0.2, 0) is 16.4 Å². The number of amides is 1. The van der Waals surface area contributed by atoms with E-state index in [1.54, 1.807) is 24.0 Å². The van der Waals surface area contributed by atoms with E-state index in [0.29, 0.717) is 25.3 Å². The first-order chi connectivity index (χ1) is 16.3. The summed E-state index contributed by atoms with van der Waals surface area (Å²) in [5, 5.41) is 0. The smallest absolute Gasteiger partial charge is 0.254 e. The molecule has 1 N–H and O–H groups in total. The van der Waals surface area contributed by atoms with E-state index in [2.05, 4.69) is 22.1 Å². The third-order valence-corrected chi connectivity index (χ3v) is 7.85. The number of H-pyrrole nitrogens is 1. The van der Waals surface area contributed by atoms with Gasteiger partial charge in [-0.2, -0.15) is 0 Å². The van der Waals surface area contributed by atoms with Crippen LogP contribution in [0, 0.1) is 6.92 Å². The number of aryl methyl sites for hydroxylation is 1. The van der Waals surface area contributed by atoms with Gasteiger partial charge in [0.25, 0.3) is 5.91 Å². The molecule has 0 saturated carbocycles. The molecule has 176 valence electrons. The summed E-state index contributed by atoms with van der Waals surface area (Å²) in [5.41, 5.74) is 5.36.